The maximum Gasteiger partial charge on any atom is 0.161 e. The smallest absolute Gasteiger partial charge is 0.161 e. The van der Waals surface area contributed by atoms with Gasteiger partial charge in [-0.2, -0.15) is 0 Å². The zero-order valence-electron chi connectivity index (χ0n) is 17.9. The van der Waals surface area contributed by atoms with E-state index >= 15 is 0 Å². The summed E-state index contributed by atoms with van der Waals surface area (Å²) < 4.78 is 6.30. The van der Waals surface area contributed by atoms with E-state index < -0.39 is 0 Å². The lowest BCUT2D eigenvalue weighted by Gasteiger charge is -2.54. The summed E-state index contributed by atoms with van der Waals surface area (Å²) in [5, 5.41) is 0. The summed E-state index contributed by atoms with van der Waals surface area (Å²) in [7, 11) is 0. The van der Waals surface area contributed by atoms with Crippen molar-refractivity contribution >= 4 is 5.78 Å². The third-order valence-corrected chi connectivity index (χ3v) is 8.50. The monoisotopic (exact) mass is 392 g/mol. The van der Waals surface area contributed by atoms with Gasteiger partial charge < -0.3 is 4.74 Å². The van der Waals surface area contributed by atoms with Crippen LogP contribution in [0.3, 0.4) is 0 Å². The number of rotatable bonds is 3. The average molecular weight is 393 g/mol. The molecule has 4 aliphatic rings. The van der Waals surface area contributed by atoms with E-state index in [-0.39, 0.29) is 5.41 Å². The molecule has 0 heterocycles. The van der Waals surface area contributed by atoms with Gasteiger partial charge in [-0.1, -0.05) is 43.3 Å². The second kappa shape index (κ2) is 8.60. The molecule has 0 saturated heterocycles. The van der Waals surface area contributed by atoms with Crippen LogP contribution in [0.15, 0.2) is 55.6 Å². The number of carbonyl (C=O) groups is 1. The molecule has 0 N–H and O–H groups in total. The number of carbonyl (C=O) groups excluding carboxylic acids is 1. The van der Waals surface area contributed by atoms with Crippen LogP contribution in [0, 0.1) is 35.0 Å². The van der Waals surface area contributed by atoms with E-state index in [9.17, 15) is 4.79 Å². The number of hydrogen-bond donors (Lipinski definition) is 0. The predicted molar refractivity (Wildman–Crippen MR) is 118 cm³/mol. The second-order valence-electron chi connectivity index (χ2n) is 9.77. The highest BCUT2D eigenvalue weighted by Crippen LogP contribution is 2.59. The lowest BCUT2D eigenvalue weighted by Crippen LogP contribution is -2.49. The number of ketones is 1. The van der Waals surface area contributed by atoms with Crippen molar-refractivity contribution in [3.05, 3.63) is 61.2 Å². The molecule has 0 spiro atoms. The molecule has 1 aromatic carbocycles. The Morgan fingerprint density at radius 3 is 2.55 bits per heavy atom. The van der Waals surface area contributed by atoms with E-state index in [1.54, 1.807) is 0 Å². The molecule has 0 radical (unpaired) electrons. The van der Waals surface area contributed by atoms with Crippen LogP contribution in [-0.2, 0) is 16.1 Å². The van der Waals surface area contributed by atoms with Crippen LogP contribution in [0.2, 0.25) is 0 Å². The van der Waals surface area contributed by atoms with Crippen molar-refractivity contribution in [1.82, 2.24) is 0 Å². The lowest BCUT2D eigenvalue weighted by molar-refractivity contribution is -0.131. The molecule has 3 fully saturated rings. The van der Waals surface area contributed by atoms with Crippen molar-refractivity contribution in [3.8, 4) is 0 Å². The van der Waals surface area contributed by atoms with E-state index in [1.807, 2.05) is 6.08 Å². The number of hydrogen-bond acceptors (Lipinski definition) is 2. The van der Waals surface area contributed by atoms with Crippen molar-refractivity contribution in [2.45, 2.75) is 64.6 Å². The van der Waals surface area contributed by atoms with Gasteiger partial charge in [-0.25, -0.2) is 0 Å². The summed E-state index contributed by atoms with van der Waals surface area (Å²) in [4.78, 5) is 12.4. The number of ether oxygens (including phenoxy) is 1. The summed E-state index contributed by atoms with van der Waals surface area (Å²) in [6.07, 6.45) is 13.4. The van der Waals surface area contributed by atoms with E-state index in [1.165, 1.54) is 44.1 Å². The molecule has 1 aromatic rings. The minimum atomic E-state index is -0.0794. The fourth-order valence-corrected chi connectivity index (χ4v) is 7.02. The van der Waals surface area contributed by atoms with Gasteiger partial charge in [0.25, 0.3) is 0 Å². The van der Waals surface area contributed by atoms with Gasteiger partial charge in [-0.05, 0) is 86.2 Å². The summed E-state index contributed by atoms with van der Waals surface area (Å²) in [5.74, 6) is 4.20. The summed E-state index contributed by atoms with van der Waals surface area (Å²) >= 11 is 0. The molecule has 3 saturated carbocycles. The normalized spacial score (nSPS) is 40.2. The van der Waals surface area contributed by atoms with E-state index in [0.29, 0.717) is 17.8 Å². The van der Waals surface area contributed by atoms with Crippen LogP contribution in [-0.4, -0.2) is 11.9 Å². The number of fused-ring (bicyclic) bond motifs is 5. The first kappa shape index (κ1) is 20.6. The maximum atomic E-state index is 12.4. The van der Waals surface area contributed by atoms with Gasteiger partial charge in [0.1, 0.15) is 0 Å². The third kappa shape index (κ3) is 3.77. The first-order valence-electron chi connectivity index (χ1n) is 11.5. The van der Waals surface area contributed by atoms with Crippen molar-refractivity contribution in [1.29, 1.82) is 0 Å². The highest BCUT2D eigenvalue weighted by molar-refractivity contribution is 5.97. The van der Waals surface area contributed by atoms with Crippen LogP contribution in [0.1, 0.15) is 57.4 Å². The fourth-order valence-electron chi connectivity index (χ4n) is 7.02. The van der Waals surface area contributed by atoms with Crippen molar-refractivity contribution in [2.24, 2.45) is 35.0 Å². The Kier molecular flexibility index (Phi) is 6.11. The zero-order chi connectivity index (χ0) is 20.4. The van der Waals surface area contributed by atoms with Gasteiger partial charge in [-0.15, -0.1) is 13.2 Å². The van der Waals surface area contributed by atoms with Crippen LogP contribution in [0.25, 0.3) is 0 Å². The van der Waals surface area contributed by atoms with Gasteiger partial charge in [-0.3, -0.25) is 4.79 Å². The first-order chi connectivity index (χ1) is 14.1. The van der Waals surface area contributed by atoms with Crippen LogP contribution >= 0.6 is 0 Å². The van der Waals surface area contributed by atoms with Gasteiger partial charge in [0.15, 0.2) is 5.78 Å². The quantitative estimate of drug-likeness (QED) is 0.559. The lowest BCUT2D eigenvalue weighted by atomic mass is 9.50. The highest BCUT2D eigenvalue weighted by Gasteiger charge is 2.55. The largest absolute Gasteiger partial charge is 0.374 e. The highest BCUT2D eigenvalue weighted by atomic mass is 16.5. The molecule has 0 aromatic heterocycles. The molecule has 0 bridgehead atoms. The van der Waals surface area contributed by atoms with Gasteiger partial charge in [0.05, 0.1) is 12.7 Å². The van der Waals surface area contributed by atoms with E-state index in [0.717, 1.165) is 36.7 Å². The zero-order valence-corrected chi connectivity index (χ0v) is 17.9. The van der Waals surface area contributed by atoms with Gasteiger partial charge >= 0.3 is 0 Å². The molecular weight excluding hydrogens is 356 g/mol. The Morgan fingerprint density at radius 1 is 1.00 bits per heavy atom. The predicted octanol–water partition coefficient (Wildman–Crippen LogP) is 6.37. The van der Waals surface area contributed by atoms with Gasteiger partial charge in [0, 0.05) is 5.41 Å². The molecule has 7 atom stereocenters. The minimum Gasteiger partial charge on any atom is -0.374 e. The Morgan fingerprint density at radius 2 is 1.76 bits per heavy atom. The standard InChI is InChI=1S/C25H32O2.C2H4/c1-25-14-13-21-20-10-8-19(27-16-17-5-3-2-4-6-17)15-18(20)7-9-22(21)23(25)11-12-24(25)26;1-2/h2-6,11-12,18-23H,7-10,13-16H2,1H3;1-2H2/t18-,19?,20+,21-,22-,23+,25+;/m1./s1. The molecule has 2 heteroatoms. The van der Waals surface area contributed by atoms with Crippen LogP contribution in [0.5, 0.6) is 0 Å². The molecule has 5 rings (SSSR count). The fraction of sp³-hybridized carbons (Fsp3) is 0.593. The summed E-state index contributed by atoms with van der Waals surface area (Å²) in [6, 6.07) is 10.6. The topological polar surface area (TPSA) is 26.3 Å². The van der Waals surface area contributed by atoms with Gasteiger partial charge in [0.2, 0.25) is 0 Å². The average Bonchev–Trinajstić information content (AvgIpc) is 3.08. The third-order valence-electron chi connectivity index (χ3n) is 8.50. The molecule has 29 heavy (non-hydrogen) atoms. The SMILES string of the molecule is C=C.C[C@]12CC[C@H]3[C@@H](CC[C@@H]4CC(OCc5ccccc5)CC[C@@H]43)[C@@H]1C=CC2=O. The summed E-state index contributed by atoms with van der Waals surface area (Å²) in [5.41, 5.74) is 1.21. The maximum absolute atomic E-state index is 12.4. The molecule has 1 unspecified atom stereocenters. The van der Waals surface area contributed by atoms with Crippen molar-refractivity contribution in [3.63, 3.8) is 0 Å². The molecular formula is C27H36O2. The molecule has 0 aliphatic heterocycles. The molecule has 156 valence electrons. The Labute approximate surface area is 176 Å². The van der Waals surface area contributed by atoms with Crippen LogP contribution < -0.4 is 0 Å². The Balaban J connectivity index is 0.000000994. The second-order valence-corrected chi connectivity index (χ2v) is 9.77. The molecule has 0 amide bonds. The number of benzene rings is 1. The van der Waals surface area contributed by atoms with Crippen LogP contribution in [0.4, 0.5) is 0 Å². The summed E-state index contributed by atoms with van der Waals surface area (Å²) in [6.45, 7) is 8.99. The minimum absolute atomic E-state index is 0.0794. The van der Waals surface area contributed by atoms with E-state index in [2.05, 4.69) is 56.5 Å². The number of allylic oxidation sites excluding steroid dienone is 2. The molecule has 4 aliphatic carbocycles. The Hall–Kier alpha value is -1.67. The Bertz CT molecular complexity index is 738. The van der Waals surface area contributed by atoms with Crippen molar-refractivity contribution < 1.29 is 9.53 Å². The first-order valence-corrected chi connectivity index (χ1v) is 11.5. The van der Waals surface area contributed by atoms with E-state index in [4.69, 9.17) is 4.74 Å². The molecule has 2 nitrogen and oxygen atoms in total. The van der Waals surface area contributed by atoms with Crippen molar-refractivity contribution in [2.75, 3.05) is 0 Å².